The predicted octanol–water partition coefficient (Wildman–Crippen LogP) is 2.13. The Bertz CT molecular complexity index is 377. The molecule has 1 saturated heterocycles. The minimum Gasteiger partial charge on any atom is -0.314 e. The standard InChI is InChI=1S/C15H28N4/c1-12(9-15-7-5-4-6-8-16-15)17-10-14-11-18-19(3)13(14)2/h11-12,15-17H,4-10H2,1-3H3. The summed E-state index contributed by atoms with van der Waals surface area (Å²) < 4.78 is 1.94. The zero-order chi connectivity index (χ0) is 13.7. The third kappa shape index (κ3) is 4.32. The minimum absolute atomic E-state index is 0.551. The zero-order valence-corrected chi connectivity index (χ0v) is 12.6. The first-order valence-corrected chi connectivity index (χ1v) is 7.61. The maximum atomic E-state index is 4.29. The monoisotopic (exact) mass is 264 g/mol. The van der Waals surface area contributed by atoms with Crippen molar-refractivity contribution in [2.45, 2.75) is 64.6 Å². The van der Waals surface area contributed by atoms with Crippen molar-refractivity contribution >= 4 is 0 Å². The van der Waals surface area contributed by atoms with Gasteiger partial charge in [0.2, 0.25) is 0 Å². The van der Waals surface area contributed by atoms with Crippen molar-refractivity contribution in [1.29, 1.82) is 0 Å². The Morgan fingerprint density at radius 1 is 1.47 bits per heavy atom. The number of aryl methyl sites for hydroxylation is 1. The molecule has 0 spiro atoms. The van der Waals surface area contributed by atoms with Gasteiger partial charge in [0, 0.05) is 36.9 Å². The topological polar surface area (TPSA) is 41.9 Å². The van der Waals surface area contributed by atoms with Gasteiger partial charge in [-0.3, -0.25) is 4.68 Å². The molecule has 2 unspecified atom stereocenters. The maximum Gasteiger partial charge on any atom is 0.0537 e. The van der Waals surface area contributed by atoms with Crippen molar-refractivity contribution in [2.24, 2.45) is 7.05 Å². The number of rotatable bonds is 5. The van der Waals surface area contributed by atoms with Gasteiger partial charge >= 0.3 is 0 Å². The molecule has 4 nitrogen and oxygen atoms in total. The van der Waals surface area contributed by atoms with Crippen LogP contribution in [0.15, 0.2) is 6.20 Å². The lowest BCUT2D eigenvalue weighted by molar-refractivity contribution is 0.402. The smallest absolute Gasteiger partial charge is 0.0537 e. The van der Waals surface area contributed by atoms with E-state index in [1.54, 1.807) is 0 Å². The zero-order valence-electron chi connectivity index (χ0n) is 12.6. The van der Waals surface area contributed by atoms with E-state index in [9.17, 15) is 0 Å². The highest BCUT2D eigenvalue weighted by Gasteiger charge is 2.15. The number of hydrogen-bond acceptors (Lipinski definition) is 3. The molecule has 2 atom stereocenters. The van der Waals surface area contributed by atoms with Gasteiger partial charge < -0.3 is 10.6 Å². The van der Waals surface area contributed by atoms with Crippen molar-refractivity contribution < 1.29 is 0 Å². The molecule has 1 aliphatic heterocycles. The molecular formula is C15H28N4. The molecule has 2 N–H and O–H groups in total. The van der Waals surface area contributed by atoms with Gasteiger partial charge in [-0.2, -0.15) is 5.10 Å². The van der Waals surface area contributed by atoms with E-state index in [4.69, 9.17) is 0 Å². The van der Waals surface area contributed by atoms with Gasteiger partial charge in [0.25, 0.3) is 0 Å². The molecule has 2 heterocycles. The molecule has 0 amide bonds. The van der Waals surface area contributed by atoms with E-state index in [2.05, 4.69) is 29.6 Å². The molecule has 0 aromatic carbocycles. The van der Waals surface area contributed by atoms with Gasteiger partial charge in [-0.1, -0.05) is 12.8 Å². The Morgan fingerprint density at radius 2 is 2.32 bits per heavy atom. The Kier molecular flexibility index (Phi) is 5.40. The highest BCUT2D eigenvalue weighted by atomic mass is 15.3. The average Bonchev–Trinajstić information content (AvgIpc) is 2.60. The predicted molar refractivity (Wildman–Crippen MR) is 79.1 cm³/mol. The Balaban J connectivity index is 1.74. The number of hydrogen-bond donors (Lipinski definition) is 2. The van der Waals surface area contributed by atoms with Crippen molar-refractivity contribution in [1.82, 2.24) is 20.4 Å². The molecule has 4 heteroatoms. The van der Waals surface area contributed by atoms with Gasteiger partial charge in [-0.05, 0) is 39.7 Å². The van der Waals surface area contributed by atoms with E-state index >= 15 is 0 Å². The van der Waals surface area contributed by atoms with E-state index in [0.717, 1.165) is 6.54 Å². The third-order valence-corrected chi connectivity index (χ3v) is 4.28. The highest BCUT2D eigenvalue weighted by molar-refractivity contribution is 5.15. The van der Waals surface area contributed by atoms with Crippen molar-refractivity contribution in [3.63, 3.8) is 0 Å². The normalized spacial score (nSPS) is 22.2. The average molecular weight is 264 g/mol. The number of aromatic nitrogens is 2. The minimum atomic E-state index is 0.551. The van der Waals surface area contributed by atoms with Gasteiger partial charge in [0.15, 0.2) is 0 Å². The molecule has 0 saturated carbocycles. The summed E-state index contributed by atoms with van der Waals surface area (Å²) in [6.45, 7) is 6.53. The lowest BCUT2D eigenvalue weighted by Crippen LogP contribution is -2.36. The van der Waals surface area contributed by atoms with E-state index < -0.39 is 0 Å². The number of nitrogens with one attached hydrogen (secondary N) is 2. The summed E-state index contributed by atoms with van der Waals surface area (Å²) >= 11 is 0. The molecule has 0 aliphatic carbocycles. The fraction of sp³-hybridized carbons (Fsp3) is 0.800. The molecule has 2 rings (SSSR count). The van der Waals surface area contributed by atoms with Crippen LogP contribution in [-0.4, -0.2) is 28.4 Å². The molecule has 108 valence electrons. The Hall–Kier alpha value is -0.870. The highest BCUT2D eigenvalue weighted by Crippen LogP contribution is 2.13. The van der Waals surface area contributed by atoms with Crippen LogP contribution in [0, 0.1) is 6.92 Å². The SMILES string of the molecule is Cc1c(CNC(C)CC2CCCCCN2)cnn1C. The maximum absolute atomic E-state index is 4.29. The summed E-state index contributed by atoms with van der Waals surface area (Å²) in [5.74, 6) is 0. The van der Waals surface area contributed by atoms with Crippen molar-refractivity contribution in [3.8, 4) is 0 Å². The Labute approximate surface area is 117 Å². The molecule has 1 fully saturated rings. The fourth-order valence-electron chi connectivity index (χ4n) is 2.81. The van der Waals surface area contributed by atoms with E-state index in [1.807, 2.05) is 17.9 Å². The van der Waals surface area contributed by atoms with Crippen LogP contribution < -0.4 is 10.6 Å². The molecule has 1 aromatic heterocycles. The first-order chi connectivity index (χ1) is 9.16. The fourth-order valence-corrected chi connectivity index (χ4v) is 2.81. The van der Waals surface area contributed by atoms with Gasteiger partial charge in [0.05, 0.1) is 6.20 Å². The van der Waals surface area contributed by atoms with Crippen LogP contribution >= 0.6 is 0 Å². The summed E-state index contributed by atoms with van der Waals surface area (Å²) in [5.41, 5.74) is 2.57. The second-order valence-corrected chi connectivity index (χ2v) is 5.90. The van der Waals surface area contributed by atoms with Gasteiger partial charge in [-0.15, -0.1) is 0 Å². The molecule has 19 heavy (non-hydrogen) atoms. The van der Waals surface area contributed by atoms with E-state index in [1.165, 1.54) is 49.9 Å². The van der Waals surface area contributed by atoms with E-state index in [-0.39, 0.29) is 0 Å². The summed E-state index contributed by atoms with van der Waals surface area (Å²) in [4.78, 5) is 0. The summed E-state index contributed by atoms with van der Waals surface area (Å²) in [6, 6.07) is 1.25. The van der Waals surface area contributed by atoms with Crippen LogP contribution in [0.2, 0.25) is 0 Å². The summed E-state index contributed by atoms with van der Waals surface area (Å²) in [7, 11) is 2.00. The van der Waals surface area contributed by atoms with Crippen LogP contribution in [0.3, 0.4) is 0 Å². The Morgan fingerprint density at radius 3 is 3.05 bits per heavy atom. The lowest BCUT2D eigenvalue weighted by atomic mass is 10.0. The first-order valence-electron chi connectivity index (χ1n) is 7.61. The molecule has 1 aliphatic rings. The lowest BCUT2D eigenvalue weighted by Gasteiger charge is -2.21. The van der Waals surface area contributed by atoms with Gasteiger partial charge in [-0.25, -0.2) is 0 Å². The number of nitrogens with zero attached hydrogens (tertiary/aromatic N) is 2. The van der Waals surface area contributed by atoms with Crippen LogP contribution in [0.4, 0.5) is 0 Å². The molecule has 0 bridgehead atoms. The quantitative estimate of drug-likeness (QED) is 0.856. The van der Waals surface area contributed by atoms with Crippen LogP contribution in [-0.2, 0) is 13.6 Å². The second-order valence-electron chi connectivity index (χ2n) is 5.90. The van der Waals surface area contributed by atoms with Crippen molar-refractivity contribution in [3.05, 3.63) is 17.5 Å². The molecule has 1 aromatic rings. The van der Waals surface area contributed by atoms with Crippen LogP contribution in [0.25, 0.3) is 0 Å². The summed E-state index contributed by atoms with van der Waals surface area (Å²) in [5, 5.41) is 11.6. The molecule has 0 radical (unpaired) electrons. The van der Waals surface area contributed by atoms with Crippen LogP contribution in [0.5, 0.6) is 0 Å². The molecular weight excluding hydrogens is 236 g/mol. The van der Waals surface area contributed by atoms with Crippen LogP contribution in [0.1, 0.15) is 50.3 Å². The third-order valence-electron chi connectivity index (χ3n) is 4.28. The first kappa shape index (κ1) is 14.5. The van der Waals surface area contributed by atoms with E-state index in [0.29, 0.717) is 12.1 Å². The summed E-state index contributed by atoms with van der Waals surface area (Å²) in [6.07, 6.45) is 8.63. The van der Waals surface area contributed by atoms with Gasteiger partial charge in [0.1, 0.15) is 0 Å². The van der Waals surface area contributed by atoms with Crippen molar-refractivity contribution in [2.75, 3.05) is 6.54 Å². The largest absolute Gasteiger partial charge is 0.314 e. The second kappa shape index (κ2) is 7.06.